The average molecular weight is 460 g/mol. The fourth-order valence-corrected chi connectivity index (χ4v) is 5.31. The molecule has 33 heavy (non-hydrogen) atoms. The van der Waals surface area contributed by atoms with Crippen molar-refractivity contribution in [2.75, 3.05) is 12.4 Å². The number of thiazole rings is 1. The number of anilines is 1. The van der Waals surface area contributed by atoms with Crippen LogP contribution in [-0.2, 0) is 24.1 Å². The number of amides is 1. The Morgan fingerprint density at radius 3 is 2.85 bits per heavy atom. The van der Waals surface area contributed by atoms with Crippen LogP contribution in [-0.4, -0.2) is 32.8 Å². The van der Waals surface area contributed by atoms with Crippen molar-refractivity contribution < 1.29 is 9.53 Å². The average Bonchev–Trinajstić information content (AvgIpc) is 3.35. The summed E-state index contributed by atoms with van der Waals surface area (Å²) in [5.74, 6) is 0.646. The molecule has 0 unspecified atom stereocenters. The van der Waals surface area contributed by atoms with Gasteiger partial charge in [-0.3, -0.25) is 9.78 Å². The molecule has 1 aliphatic rings. The van der Waals surface area contributed by atoms with Crippen molar-refractivity contribution in [2.45, 2.75) is 39.5 Å². The fraction of sp³-hybridized carbons (Fsp3) is 0.280. The highest BCUT2D eigenvalue weighted by Gasteiger charge is 2.28. The Kier molecular flexibility index (Phi) is 5.68. The summed E-state index contributed by atoms with van der Waals surface area (Å²) in [4.78, 5) is 22.0. The van der Waals surface area contributed by atoms with Gasteiger partial charge in [-0.25, -0.2) is 9.67 Å². The van der Waals surface area contributed by atoms with E-state index < -0.39 is 0 Å². The maximum atomic E-state index is 11.7. The lowest BCUT2D eigenvalue weighted by Gasteiger charge is -2.09. The molecular formula is C25H25N5O2S. The van der Waals surface area contributed by atoms with Gasteiger partial charge < -0.3 is 10.1 Å². The van der Waals surface area contributed by atoms with Gasteiger partial charge in [0.25, 0.3) is 0 Å². The van der Waals surface area contributed by atoms with Gasteiger partial charge in [-0.05, 0) is 49.9 Å². The highest BCUT2D eigenvalue weighted by Crippen LogP contribution is 2.43. The molecule has 1 amide bonds. The first kappa shape index (κ1) is 21.3. The molecule has 1 aliphatic carbocycles. The zero-order chi connectivity index (χ0) is 22.9. The van der Waals surface area contributed by atoms with Gasteiger partial charge in [0.1, 0.15) is 5.75 Å². The number of nitrogens with zero attached hydrogens (tertiary/aromatic N) is 4. The summed E-state index contributed by atoms with van der Waals surface area (Å²) in [5, 5.41) is 8.56. The van der Waals surface area contributed by atoms with Crippen LogP contribution in [0.4, 0.5) is 5.13 Å². The Labute approximate surface area is 196 Å². The van der Waals surface area contributed by atoms with Crippen molar-refractivity contribution >= 4 is 22.4 Å². The molecule has 8 heteroatoms. The van der Waals surface area contributed by atoms with Crippen LogP contribution >= 0.6 is 11.3 Å². The molecule has 0 bridgehead atoms. The summed E-state index contributed by atoms with van der Waals surface area (Å²) in [7, 11) is 1.66. The van der Waals surface area contributed by atoms with E-state index >= 15 is 0 Å². The third-order valence-corrected chi connectivity index (χ3v) is 6.80. The summed E-state index contributed by atoms with van der Waals surface area (Å²) in [6.45, 7) is 3.60. The molecule has 3 aromatic heterocycles. The molecule has 0 aliphatic heterocycles. The monoisotopic (exact) mass is 459 g/mol. The van der Waals surface area contributed by atoms with Gasteiger partial charge in [0, 0.05) is 36.0 Å². The Balaban J connectivity index is 1.74. The zero-order valence-corrected chi connectivity index (χ0v) is 19.7. The number of rotatable bonds is 5. The molecule has 1 aromatic carbocycles. The Bertz CT molecular complexity index is 1320. The number of benzene rings is 1. The molecule has 4 aromatic rings. The smallest absolute Gasteiger partial charge is 0.223 e. The summed E-state index contributed by atoms with van der Waals surface area (Å²) < 4.78 is 7.46. The molecule has 0 spiro atoms. The molecule has 5 rings (SSSR count). The van der Waals surface area contributed by atoms with Crippen LogP contribution < -0.4 is 10.1 Å². The number of nitrogens with one attached hydrogen (secondary N) is 1. The number of methoxy groups -OCH3 is 1. The predicted molar refractivity (Wildman–Crippen MR) is 130 cm³/mol. The van der Waals surface area contributed by atoms with Crippen LogP contribution in [0.5, 0.6) is 5.75 Å². The topological polar surface area (TPSA) is 81.9 Å². The van der Waals surface area contributed by atoms with E-state index in [1.807, 2.05) is 35.1 Å². The van der Waals surface area contributed by atoms with E-state index in [2.05, 4.69) is 29.4 Å². The molecule has 0 fully saturated rings. The van der Waals surface area contributed by atoms with Gasteiger partial charge in [0.2, 0.25) is 5.91 Å². The molecule has 0 atom stereocenters. The van der Waals surface area contributed by atoms with Crippen molar-refractivity contribution in [3.63, 3.8) is 0 Å². The predicted octanol–water partition coefficient (Wildman–Crippen LogP) is 5.08. The van der Waals surface area contributed by atoms with Gasteiger partial charge >= 0.3 is 0 Å². The molecule has 0 saturated heterocycles. The van der Waals surface area contributed by atoms with Crippen molar-refractivity contribution in [3.8, 4) is 33.3 Å². The molecule has 1 N–H and O–H groups in total. The van der Waals surface area contributed by atoms with Crippen LogP contribution in [0.1, 0.15) is 37.2 Å². The fourth-order valence-electron chi connectivity index (χ4n) is 4.20. The number of hydrogen-bond acceptors (Lipinski definition) is 6. The van der Waals surface area contributed by atoms with Gasteiger partial charge in [-0.1, -0.05) is 24.3 Å². The minimum Gasteiger partial charge on any atom is -0.497 e. The summed E-state index contributed by atoms with van der Waals surface area (Å²) in [6.07, 6.45) is 5.51. The highest BCUT2D eigenvalue weighted by atomic mass is 32.1. The number of aromatic nitrogens is 4. The molecule has 0 saturated carbocycles. The standard InChI is InChI=1S/C25H25N5O2S/c1-4-17-12-11-16(14-26-17)22-20-9-6-10-21-24(33-25(28-21)27-15(2)31)23(20)30(29-22)18-7-5-8-19(13-18)32-3/h5,7-8,11-14H,4,6,9-10H2,1-3H3,(H,27,28,31). The second-order valence-corrected chi connectivity index (χ2v) is 9.01. The number of ether oxygens (including phenoxy) is 1. The number of pyridine rings is 1. The molecule has 7 nitrogen and oxygen atoms in total. The van der Waals surface area contributed by atoms with E-state index in [1.54, 1.807) is 7.11 Å². The van der Waals surface area contributed by atoms with E-state index in [1.165, 1.54) is 23.8 Å². The van der Waals surface area contributed by atoms with Gasteiger partial charge in [-0.2, -0.15) is 5.10 Å². The normalized spacial score (nSPS) is 12.6. The molecular weight excluding hydrogens is 434 g/mol. The quantitative estimate of drug-likeness (QED) is 0.450. The number of fused-ring (bicyclic) bond motifs is 3. The lowest BCUT2D eigenvalue weighted by atomic mass is 10.0. The van der Waals surface area contributed by atoms with E-state index in [9.17, 15) is 4.79 Å². The second-order valence-electron chi connectivity index (χ2n) is 8.01. The van der Waals surface area contributed by atoms with Crippen LogP contribution in [0.15, 0.2) is 42.6 Å². The van der Waals surface area contributed by atoms with Crippen molar-refractivity contribution in [2.24, 2.45) is 0 Å². The molecule has 168 valence electrons. The van der Waals surface area contributed by atoms with E-state index in [-0.39, 0.29) is 5.91 Å². The van der Waals surface area contributed by atoms with Gasteiger partial charge in [0.15, 0.2) is 5.13 Å². The number of aryl methyl sites for hydroxylation is 2. The Morgan fingerprint density at radius 1 is 1.24 bits per heavy atom. The van der Waals surface area contributed by atoms with Crippen LogP contribution in [0.25, 0.3) is 27.5 Å². The van der Waals surface area contributed by atoms with Gasteiger partial charge in [0.05, 0.1) is 34.8 Å². The lowest BCUT2D eigenvalue weighted by molar-refractivity contribution is -0.114. The maximum Gasteiger partial charge on any atom is 0.223 e. The largest absolute Gasteiger partial charge is 0.497 e. The summed E-state index contributed by atoms with van der Waals surface area (Å²) in [6, 6.07) is 12.1. The minimum atomic E-state index is -0.122. The lowest BCUT2D eigenvalue weighted by Crippen LogP contribution is -2.05. The number of carbonyl (C=O) groups is 1. The van der Waals surface area contributed by atoms with Crippen molar-refractivity contribution in [1.82, 2.24) is 19.7 Å². The SMILES string of the molecule is CCc1ccc(-c2nn(-c3cccc(OC)c3)c3c2CCCc2nc(NC(C)=O)sc2-3)cn1. The Morgan fingerprint density at radius 2 is 2.12 bits per heavy atom. The summed E-state index contributed by atoms with van der Waals surface area (Å²) >= 11 is 1.50. The van der Waals surface area contributed by atoms with E-state index in [4.69, 9.17) is 14.8 Å². The third-order valence-electron chi connectivity index (χ3n) is 5.78. The van der Waals surface area contributed by atoms with Crippen molar-refractivity contribution in [1.29, 1.82) is 0 Å². The zero-order valence-electron chi connectivity index (χ0n) is 18.9. The Hall–Kier alpha value is -3.52. The number of carbonyl (C=O) groups excluding carboxylic acids is 1. The molecule has 3 heterocycles. The van der Waals surface area contributed by atoms with Crippen LogP contribution in [0.3, 0.4) is 0 Å². The van der Waals surface area contributed by atoms with E-state index in [0.717, 1.165) is 70.3 Å². The number of hydrogen-bond donors (Lipinski definition) is 1. The van der Waals surface area contributed by atoms with E-state index in [0.29, 0.717) is 5.13 Å². The molecule has 0 radical (unpaired) electrons. The van der Waals surface area contributed by atoms with Crippen LogP contribution in [0, 0.1) is 0 Å². The first-order valence-corrected chi connectivity index (χ1v) is 11.9. The minimum absolute atomic E-state index is 0.122. The van der Waals surface area contributed by atoms with Gasteiger partial charge in [-0.15, -0.1) is 0 Å². The van der Waals surface area contributed by atoms with Crippen LogP contribution in [0.2, 0.25) is 0 Å². The second kappa shape index (κ2) is 8.78. The first-order chi connectivity index (χ1) is 16.1. The highest BCUT2D eigenvalue weighted by molar-refractivity contribution is 7.19. The third kappa shape index (κ3) is 4.02. The van der Waals surface area contributed by atoms with Crippen molar-refractivity contribution in [3.05, 3.63) is 59.5 Å². The summed E-state index contributed by atoms with van der Waals surface area (Å²) in [5.41, 5.74) is 7.11. The first-order valence-electron chi connectivity index (χ1n) is 11.1. The maximum absolute atomic E-state index is 11.7.